The highest BCUT2D eigenvalue weighted by molar-refractivity contribution is 5.66. The van der Waals surface area contributed by atoms with E-state index < -0.39 is 6.36 Å². The van der Waals surface area contributed by atoms with Crippen LogP contribution >= 0.6 is 0 Å². The number of hydrogen-bond donors (Lipinski definition) is 2. The maximum atomic E-state index is 12.5. The van der Waals surface area contributed by atoms with Crippen molar-refractivity contribution in [3.05, 3.63) is 30.3 Å². The highest BCUT2D eigenvalue weighted by Crippen LogP contribution is 2.29. The number of anilines is 2. The van der Waals surface area contributed by atoms with E-state index in [1.807, 2.05) is 13.8 Å². The Hall–Kier alpha value is -2.51. The van der Waals surface area contributed by atoms with Gasteiger partial charge in [0.2, 0.25) is 5.95 Å². The second-order valence-corrected chi connectivity index (χ2v) is 7.32. The molecular formula is C20H25F3N4O. The van der Waals surface area contributed by atoms with Gasteiger partial charge in [0, 0.05) is 23.7 Å². The van der Waals surface area contributed by atoms with E-state index in [0.717, 1.165) is 12.8 Å². The summed E-state index contributed by atoms with van der Waals surface area (Å²) in [7, 11) is 0. The molecule has 0 amide bonds. The van der Waals surface area contributed by atoms with Gasteiger partial charge in [-0.05, 0) is 38.8 Å². The van der Waals surface area contributed by atoms with Crippen molar-refractivity contribution in [2.45, 2.75) is 64.4 Å². The summed E-state index contributed by atoms with van der Waals surface area (Å²) in [5.74, 6) is 0.832. The number of halogens is 3. The van der Waals surface area contributed by atoms with Gasteiger partial charge < -0.3 is 15.4 Å². The number of ether oxygens (including phenoxy) is 1. The van der Waals surface area contributed by atoms with Crippen LogP contribution in [0.1, 0.15) is 46.0 Å². The van der Waals surface area contributed by atoms with Gasteiger partial charge in [-0.25, -0.2) is 4.98 Å². The van der Waals surface area contributed by atoms with Gasteiger partial charge in [0.15, 0.2) is 0 Å². The maximum Gasteiger partial charge on any atom is 0.573 e. The van der Waals surface area contributed by atoms with Crippen LogP contribution in [0.4, 0.5) is 24.9 Å². The van der Waals surface area contributed by atoms with E-state index in [4.69, 9.17) is 0 Å². The zero-order valence-electron chi connectivity index (χ0n) is 16.0. The van der Waals surface area contributed by atoms with Gasteiger partial charge in [0.1, 0.15) is 11.6 Å². The number of nitrogens with one attached hydrogen (secondary N) is 2. The van der Waals surface area contributed by atoms with Crippen molar-refractivity contribution in [1.29, 1.82) is 0 Å². The normalized spacial score (nSPS) is 15.5. The van der Waals surface area contributed by atoms with E-state index in [0.29, 0.717) is 29.1 Å². The number of rotatable bonds is 6. The van der Waals surface area contributed by atoms with Gasteiger partial charge in [0.25, 0.3) is 0 Å². The van der Waals surface area contributed by atoms with Gasteiger partial charge in [-0.2, -0.15) is 4.98 Å². The number of aromatic nitrogens is 2. The summed E-state index contributed by atoms with van der Waals surface area (Å²) in [5, 5.41) is 6.63. The van der Waals surface area contributed by atoms with Crippen LogP contribution < -0.4 is 15.4 Å². The zero-order valence-corrected chi connectivity index (χ0v) is 16.0. The van der Waals surface area contributed by atoms with Crippen LogP contribution in [0.2, 0.25) is 0 Å². The third-order valence-electron chi connectivity index (χ3n) is 4.46. The van der Waals surface area contributed by atoms with Crippen LogP contribution in [0.3, 0.4) is 0 Å². The van der Waals surface area contributed by atoms with E-state index in [-0.39, 0.29) is 11.8 Å². The van der Waals surface area contributed by atoms with E-state index in [1.165, 1.54) is 37.5 Å². The first kappa shape index (κ1) is 20.2. The summed E-state index contributed by atoms with van der Waals surface area (Å²) >= 11 is 0. The Balaban J connectivity index is 1.90. The molecule has 152 valence electrons. The summed E-state index contributed by atoms with van der Waals surface area (Å²) in [6.07, 6.45) is 0.981. The fourth-order valence-corrected chi connectivity index (χ4v) is 3.31. The Morgan fingerprint density at radius 2 is 1.82 bits per heavy atom. The first-order chi connectivity index (χ1) is 13.3. The molecule has 2 N–H and O–H groups in total. The van der Waals surface area contributed by atoms with E-state index in [1.54, 1.807) is 12.1 Å². The summed E-state index contributed by atoms with van der Waals surface area (Å²) in [5.41, 5.74) is 1.06. The Morgan fingerprint density at radius 1 is 1.07 bits per heavy atom. The lowest BCUT2D eigenvalue weighted by molar-refractivity contribution is -0.274. The third-order valence-corrected chi connectivity index (χ3v) is 4.46. The molecule has 1 fully saturated rings. The van der Waals surface area contributed by atoms with Gasteiger partial charge in [-0.1, -0.05) is 31.4 Å². The molecule has 1 aromatic carbocycles. The van der Waals surface area contributed by atoms with Crippen molar-refractivity contribution in [2.24, 2.45) is 0 Å². The molecule has 8 heteroatoms. The first-order valence-electron chi connectivity index (χ1n) is 9.57. The Labute approximate surface area is 162 Å². The molecule has 28 heavy (non-hydrogen) atoms. The molecule has 1 saturated carbocycles. The zero-order chi connectivity index (χ0) is 20.1. The van der Waals surface area contributed by atoms with Crippen LogP contribution in [0.25, 0.3) is 11.3 Å². The summed E-state index contributed by atoms with van der Waals surface area (Å²) in [4.78, 5) is 9.07. The lowest BCUT2D eigenvalue weighted by Gasteiger charge is -2.23. The molecule has 0 saturated heterocycles. The maximum absolute atomic E-state index is 12.5. The smallest absolute Gasteiger partial charge is 0.406 e. The van der Waals surface area contributed by atoms with Crippen LogP contribution in [-0.4, -0.2) is 28.4 Å². The largest absolute Gasteiger partial charge is 0.573 e. The fourth-order valence-electron chi connectivity index (χ4n) is 3.31. The van der Waals surface area contributed by atoms with E-state index in [2.05, 4.69) is 25.3 Å². The van der Waals surface area contributed by atoms with Crippen LogP contribution in [0.15, 0.2) is 30.3 Å². The number of benzene rings is 1. The van der Waals surface area contributed by atoms with E-state index >= 15 is 0 Å². The SMILES string of the molecule is CC(C)Nc1cc(-c2cccc(OC(F)(F)F)c2)nc(NC2CCCCC2)n1. The van der Waals surface area contributed by atoms with E-state index in [9.17, 15) is 13.2 Å². The molecule has 0 radical (unpaired) electrons. The van der Waals surface area contributed by atoms with Crippen LogP contribution in [-0.2, 0) is 0 Å². The number of alkyl halides is 3. The Kier molecular flexibility index (Phi) is 6.26. The Morgan fingerprint density at radius 3 is 2.50 bits per heavy atom. The quantitative estimate of drug-likeness (QED) is 0.667. The minimum atomic E-state index is -4.73. The van der Waals surface area contributed by atoms with Gasteiger partial charge in [-0.15, -0.1) is 13.2 Å². The summed E-state index contributed by atoms with van der Waals surface area (Å²) in [6, 6.07) is 8.03. The highest BCUT2D eigenvalue weighted by Gasteiger charge is 2.31. The lowest BCUT2D eigenvalue weighted by Crippen LogP contribution is -2.24. The summed E-state index contributed by atoms with van der Waals surface area (Å²) < 4.78 is 41.7. The number of hydrogen-bond acceptors (Lipinski definition) is 5. The molecule has 0 atom stereocenters. The minimum Gasteiger partial charge on any atom is -0.406 e. The average molecular weight is 394 g/mol. The lowest BCUT2D eigenvalue weighted by atomic mass is 9.96. The predicted molar refractivity (Wildman–Crippen MR) is 103 cm³/mol. The van der Waals surface area contributed by atoms with Crippen molar-refractivity contribution < 1.29 is 17.9 Å². The van der Waals surface area contributed by atoms with Gasteiger partial charge in [-0.3, -0.25) is 0 Å². The first-order valence-corrected chi connectivity index (χ1v) is 9.57. The molecule has 0 spiro atoms. The third kappa shape index (κ3) is 6.00. The Bertz CT molecular complexity index is 789. The van der Waals surface area contributed by atoms with Crippen molar-refractivity contribution >= 4 is 11.8 Å². The van der Waals surface area contributed by atoms with Crippen molar-refractivity contribution in [2.75, 3.05) is 10.6 Å². The molecule has 5 nitrogen and oxygen atoms in total. The molecule has 0 unspecified atom stereocenters. The molecule has 1 aromatic heterocycles. The molecule has 1 aliphatic rings. The topological polar surface area (TPSA) is 59.1 Å². The molecule has 1 aliphatic carbocycles. The molecule has 2 aromatic rings. The second kappa shape index (κ2) is 8.67. The molecule has 3 rings (SSSR count). The number of nitrogens with zero attached hydrogens (tertiary/aromatic N) is 2. The van der Waals surface area contributed by atoms with Gasteiger partial charge in [0.05, 0.1) is 5.69 Å². The van der Waals surface area contributed by atoms with Crippen molar-refractivity contribution in [1.82, 2.24) is 9.97 Å². The minimum absolute atomic E-state index is 0.158. The highest BCUT2D eigenvalue weighted by atomic mass is 19.4. The van der Waals surface area contributed by atoms with Crippen LogP contribution in [0.5, 0.6) is 5.75 Å². The molecule has 1 heterocycles. The molecule has 0 bridgehead atoms. The van der Waals surface area contributed by atoms with Crippen molar-refractivity contribution in [3.8, 4) is 17.0 Å². The van der Waals surface area contributed by atoms with Gasteiger partial charge >= 0.3 is 6.36 Å². The predicted octanol–water partition coefficient (Wildman–Crippen LogP) is 5.61. The standard InChI is InChI=1S/C20H25F3N4O/c1-13(2)24-18-12-17(14-7-6-10-16(11-14)28-20(21,22)23)26-19(27-18)25-15-8-4-3-5-9-15/h6-7,10-13,15H,3-5,8-9H2,1-2H3,(H2,24,25,26,27). The average Bonchev–Trinajstić information content (AvgIpc) is 2.60. The van der Waals surface area contributed by atoms with Crippen molar-refractivity contribution in [3.63, 3.8) is 0 Å². The fraction of sp³-hybridized carbons (Fsp3) is 0.500. The summed E-state index contributed by atoms with van der Waals surface area (Å²) in [6.45, 7) is 3.99. The van der Waals surface area contributed by atoms with Crippen LogP contribution in [0, 0.1) is 0 Å². The molecule has 0 aliphatic heterocycles. The monoisotopic (exact) mass is 394 g/mol. The second-order valence-electron chi connectivity index (χ2n) is 7.32. The molecular weight excluding hydrogens is 369 g/mol.